The molecule has 2 aromatic heterocycles. The molecule has 2 aromatic carbocycles. The number of fused-ring (bicyclic) bond motifs is 6. The summed E-state index contributed by atoms with van der Waals surface area (Å²) in [6.45, 7) is 7.04. The zero-order chi connectivity index (χ0) is 20.7. The van der Waals surface area contributed by atoms with Crippen molar-refractivity contribution in [1.82, 2.24) is 14.2 Å². The van der Waals surface area contributed by atoms with Crippen molar-refractivity contribution in [3.05, 3.63) is 88.5 Å². The predicted octanol–water partition coefficient (Wildman–Crippen LogP) is 5.30. The van der Waals surface area contributed by atoms with Crippen molar-refractivity contribution in [2.45, 2.75) is 44.9 Å². The highest BCUT2D eigenvalue weighted by molar-refractivity contribution is 5.80. The fraction of sp³-hybridized carbons (Fsp3) is 0.308. The van der Waals surface area contributed by atoms with Gasteiger partial charge in [-0.15, -0.1) is 4.63 Å². The van der Waals surface area contributed by atoms with E-state index in [0.29, 0.717) is 11.5 Å². The second-order valence-electron chi connectivity index (χ2n) is 9.57. The zero-order valence-electron chi connectivity index (χ0n) is 17.6. The van der Waals surface area contributed by atoms with E-state index in [1.54, 1.807) is 4.63 Å². The second-order valence-corrected chi connectivity index (χ2v) is 9.57. The van der Waals surface area contributed by atoms with E-state index >= 15 is 0 Å². The van der Waals surface area contributed by atoms with E-state index < -0.39 is 0 Å². The van der Waals surface area contributed by atoms with E-state index in [1.807, 2.05) is 53.0 Å². The lowest BCUT2D eigenvalue weighted by molar-refractivity contribution is 0.225. The Balaban J connectivity index is 1.74. The summed E-state index contributed by atoms with van der Waals surface area (Å²) in [5.41, 5.74) is 6.08. The number of nitrogens with zero attached hydrogens (tertiary/aromatic N) is 3. The topological polar surface area (TPSA) is 38.8 Å². The van der Waals surface area contributed by atoms with Gasteiger partial charge in [-0.3, -0.25) is 4.79 Å². The quantitative estimate of drug-likeness (QED) is 0.462. The van der Waals surface area contributed by atoms with Gasteiger partial charge in [0.05, 0.1) is 17.0 Å². The Labute approximate surface area is 175 Å². The van der Waals surface area contributed by atoms with Crippen LogP contribution in [0.4, 0.5) is 0 Å². The molecule has 2 heterocycles. The molecule has 0 spiro atoms. The van der Waals surface area contributed by atoms with E-state index in [9.17, 15) is 4.79 Å². The molecule has 0 N–H and O–H groups in total. The first kappa shape index (κ1) is 17.7. The van der Waals surface area contributed by atoms with Crippen LogP contribution in [0.15, 0.2) is 71.7 Å². The SMILES string of the molecule is CC1(C)[C@@H]2CC[C@@]1(C)c1nn3c(=O)c(-c4ccccc4)c(-c4ccccc4)n3cc12. The van der Waals surface area contributed by atoms with Crippen molar-refractivity contribution in [2.24, 2.45) is 5.41 Å². The highest BCUT2D eigenvalue weighted by Gasteiger charge is 2.61. The van der Waals surface area contributed by atoms with Crippen LogP contribution in [0.5, 0.6) is 0 Å². The molecule has 2 aliphatic rings. The molecular formula is C26H25N3O. The minimum absolute atomic E-state index is 0.0122. The highest BCUT2D eigenvalue weighted by atomic mass is 16.1. The summed E-state index contributed by atoms with van der Waals surface area (Å²) in [6.07, 6.45) is 4.51. The maximum atomic E-state index is 13.7. The summed E-state index contributed by atoms with van der Waals surface area (Å²) in [6, 6.07) is 20.1. The highest BCUT2D eigenvalue weighted by Crippen LogP contribution is 2.66. The van der Waals surface area contributed by atoms with Crippen molar-refractivity contribution in [1.29, 1.82) is 0 Å². The Morgan fingerprint density at radius 3 is 2.23 bits per heavy atom. The van der Waals surface area contributed by atoms with Crippen LogP contribution in [0.2, 0.25) is 0 Å². The van der Waals surface area contributed by atoms with Crippen LogP contribution in [0.25, 0.3) is 22.4 Å². The maximum absolute atomic E-state index is 13.7. The average molecular weight is 396 g/mol. The van der Waals surface area contributed by atoms with E-state index in [0.717, 1.165) is 28.9 Å². The predicted molar refractivity (Wildman–Crippen MR) is 119 cm³/mol. The first-order valence-corrected chi connectivity index (χ1v) is 10.7. The summed E-state index contributed by atoms with van der Waals surface area (Å²) < 4.78 is 3.57. The van der Waals surface area contributed by atoms with Gasteiger partial charge in [0.2, 0.25) is 0 Å². The smallest absolute Gasteiger partial charge is 0.265 e. The third kappa shape index (κ3) is 2.01. The normalized spacial score (nSPS) is 23.8. The van der Waals surface area contributed by atoms with Gasteiger partial charge in [0.25, 0.3) is 5.56 Å². The fourth-order valence-corrected chi connectivity index (χ4v) is 5.96. The van der Waals surface area contributed by atoms with Crippen LogP contribution in [-0.4, -0.2) is 14.2 Å². The standard InChI is InChI=1S/C26H25N3O/c1-25(2)20-14-15-26(25,3)23-19(20)16-28-22(18-12-8-5-9-13-18)21(24(30)29(28)27-23)17-10-6-4-7-11-17/h4-13,16,20H,14-15H2,1-3H3/t20-,26+/m1/s1. The molecule has 4 nitrogen and oxygen atoms in total. The largest absolute Gasteiger partial charge is 0.296 e. The molecule has 150 valence electrons. The van der Waals surface area contributed by atoms with Crippen molar-refractivity contribution < 1.29 is 0 Å². The molecule has 1 fully saturated rings. The lowest BCUT2D eigenvalue weighted by Gasteiger charge is -2.34. The number of benzene rings is 2. The first-order valence-electron chi connectivity index (χ1n) is 10.7. The van der Waals surface area contributed by atoms with Gasteiger partial charge in [-0.1, -0.05) is 81.4 Å². The number of hydrogen-bond donors (Lipinski definition) is 0. The molecule has 0 radical (unpaired) electrons. The summed E-state index contributed by atoms with van der Waals surface area (Å²) >= 11 is 0. The molecule has 2 atom stereocenters. The van der Waals surface area contributed by atoms with Gasteiger partial charge in [-0.25, -0.2) is 4.52 Å². The van der Waals surface area contributed by atoms with Crippen LogP contribution in [0.3, 0.4) is 0 Å². The molecule has 0 unspecified atom stereocenters. The average Bonchev–Trinajstić information content (AvgIpc) is 3.24. The van der Waals surface area contributed by atoms with Crippen molar-refractivity contribution >= 4 is 0 Å². The summed E-state index contributed by atoms with van der Waals surface area (Å²) in [5.74, 6) is 0.483. The molecule has 30 heavy (non-hydrogen) atoms. The maximum Gasteiger partial charge on any atom is 0.296 e. The molecule has 2 bridgehead atoms. The van der Waals surface area contributed by atoms with Crippen LogP contribution in [0, 0.1) is 5.41 Å². The summed E-state index contributed by atoms with van der Waals surface area (Å²) in [5, 5.41) is 5.00. The van der Waals surface area contributed by atoms with Gasteiger partial charge >= 0.3 is 0 Å². The van der Waals surface area contributed by atoms with Gasteiger partial charge in [-0.05, 0) is 35.3 Å². The van der Waals surface area contributed by atoms with Gasteiger partial charge in [0.15, 0.2) is 0 Å². The van der Waals surface area contributed by atoms with Crippen molar-refractivity contribution in [3.8, 4) is 22.4 Å². The van der Waals surface area contributed by atoms with E-state index in [2.05, 4.69) is 39.1 Å². The van der Waals surface area contributed by atoms with E-state index in [1.165, 1.54) is 12.0 Å². The molecule has 4 aromatic rings. The molecule has 0 aliphatic heterocycles. The van der Waals surface area contributed by atoms with Crippen molar-refractivity contribution in [3.63, 3.8) is 0 Å². The van der Waals surface area contributed by atoms with Gasteiger partial charge in [-0.2, -0.15) is 5.10 Å². The molecule has 1 saturated carbocycles. The Bertz CT molecular complexity index is 1350. The Morgan fingerprint density at radius 1 is 0.933 bits per heavy atom. The zero-order valence-corrected chi connectivity index (χ0v) is 17.6. The van der Waals surface area contributed by atoms with Crippen LogP contribution in [-0.2, 0) is 5.41 Å². The lowest BCUT2D eigenvalue weighted by atomic mass is 9.70. The van der Waals surface area contributed by atoms with Crippen LogP contribution in [0.1, 0.15) is 50.8 Å². The molecule has 4 heteroatoms. The van der Waals surface area contributed by atoms with Gasteiger partial charge < -0.3 is 0 Å². The van der Waals surface area contributed by atoms with E-state index in [-0.39, 0.29) is 16.4 Å². The molecular weight excluding hydrogens is 370 g/mol. The molecule has 6 rings (SSSR count). The minimum Gasteiger partial charge on any atom is -0.265 e. The minimum atomic E-state index is -0.0629. The molecule has 0 saturated heterocycles. The summed E-state index contributed by atoms with van der Waals surface area (Å²) in [7, 11) is 0. The summed E-state index contributed by atoms with van der Waals surface area (Å²) in [4.78, 5) is 13.7. The monoisotopic (exact) mass is 395 g/mol. The Morgan fingerprint density at radius 2 is 1.57 bits per heavy atom. The molecule has 2 aliphatic carbocycles. The Kier molecular flexibility index (Phi) is 3.37. The Hall–Kier alpha value is -3.14. The fourth-order valence-electron chi connectivity index (χ4n) is 5.96. The van der Waals surface area contributed by atoms with Crippen LogP contribution < -0.4 is 5.56 Å². The van der Waals surface area contributed by atoms with Crippen molar-refractivity contribution in [2.75, 3.05) is 0 Å². The lowest BCUT2D eigenvalue weighted by Crippen LogP contribution is -2.33. The van der Waals surface area contributed by atoms with E-state index in [4.69, 9.17) is 5.10 Å². The first-order chi connectivity index (χ1) is 14.4. The molecule has 0 amide bonds. The number of rotatable bonds is 2. The van der Waals surface area contributed by atoms with Crippen LogP contribution >= 0.6 is 0 Å². The number of aromatic nitrogens is 3. The number of hydrogen-bond acceptors (Lipinski definition) is 2. The second kappa shape index (κ2) is 5.72. The third-order valence-electron chi connectivity index (χ3n) is 8.03. The van der Waals surface area contributed by atoms with Gasteiger partial charge in [0, 0.05) is 17.2 Å². The van der Waals surface area contributed by atoms with Gasteiger partial charge in [0.1, 0.15) is 0 Å². The third-order valence-corrected chi connectivity index (χ3v) is 8.03.